The molecule has 1 saturated heterocycles. The van der Waals surface area contributed by atoms with Crippen LogP contribution in [0.2, 0.25) is 0 Å². The third-order valence-electron chi connectivity index (χ3n) is 5.89. The van der Waals surface area contributed by atoms with Gasteiger partial charge in [-0.25, -0.2) is 4.79 Å². The molecule has 156 valence electrons. The maximum absolute atomic E-state index is 13.1. The molecule has 1 N–H and O–H groups in total. The lowest BCUT2D eigenvalue weighted by Gasteiger charge is -2.29. The number of carboxylic acid groups (broad SMARTS) is 1. The second-order valence-electron chi connectivity index (χ2n) is 7.86. The lowest BCUT2D eigenvalue weighted by molar-refractivity contribution is -0.124. The Morgan fingerprint density at radius 3 is 2.47 bits per heavy atom. The third-order valence-corrected chi connectivity index (χ3v) is 7.22. The number of benzene rings is 1. The number of hydrogen-bond acceptors (Lipinski definition) is 4. The van der Waals surface area contributed by atoms with Gasteiger partial charge in [0.25, 0.3) is 5.91 Å². The zero-order valence-corrected chi connectivity index (χ0v) is 18.7. The van der Waals surface area contributed by atoms with E-state index in [1.807, 2.05) is 30.9 Å². The Bertz CT molecular complexity index is 1050. The fraction of sp³-hybridized carbons (Fsp3) is 0.348. The van der Waals surface area contributed by atoms with Crippen molar-refractivity contribution in [3.05, 3.63) is 57.8 Å². The molecule has 1 aliphatic carbocycles. The number of thioether (sulfide) groups is 1. The first kappa shape index (κ1) is 20.9. The number of thiocarbonyl (C=S) groups is 1. The molecule has 5 nitrogen and oxygen atoms in total. The minimum atomic E-state index is -0.941. The lowest BCUT2D eigenvalue weighted by atomic mass is 9.94. The summed E-state index contributed by atoms with van der Waals surface area (Å²) in [7, 11) is 0. The Balaban J connectivity index is 1.63. The zero-order valence-electron chi connectivity index (χ0n) is 17.1. The van der Waals surface area contributed by atoms with Crippen molar-refractivity contribution in [2.75, 3.05) is 0 Å². The van der Waals surface area contributed by atoms with E-state index in [-0.39, 0.29) is 17.5 Å². The average Bonchev–Trinajstić information content (AvgIpc) is 3.17. The minimum Gasteiger partial charge on any atom is -0.478 e. The molecule has 1 amide bonds. The summed E-state index contributed by atoms with van der Waals surface area (Å²) in [6.07, 6.45) is 7.54. The van der Waals surface area contributed by atoms with Gasteiger partial charge in [0.1, 0.15) is 4.32 Å². The first-order valence-corrected chi connectivity index (χ1v) is 11.4. The van der Waals surface area contributed by atoms with Gasteiger partial charge in [0.15, 0.2) is 0 Å². The predicted molar refractivity (Wildman–Crippen MR) is 124 cm³/mol. The first-order valence-electron chi connectivity index (χ1n) is 10.2. The van der Waals surface area contributed by atoms with E-state index >= 15 is 0 Å². The molecule has 2 fully saturated rings. The molecule has 7 heteroatoms. The summed E-state index contributed by atoms with van der Waals surface area (Å²) < 4.78 is 2.73. The van der Waals surface area contributed by atoms with Gasteiger partial charge in [0.2, 0.25) is 0 Å². The molecule has 0 bridgehead atoms. The monoisotopic (exact) mass is 440 g/mol. The molecule has 0 atom stereocenters. The summed E-state index contributed by atoms with van der Waals surface area (Å²) in [5.74, 6) is -0.921. The number of carboxylic acids is 1. The molecule has 0 radical (unpaired) electrons. The van der Waals surface area contributed by atoms with Gasteiger partial charge in [0, 0.05) is 23.1 Å². The number of rotatable bonds is 4. The Morgan fingerprint density at radius 2 is 1.83 bits per heavy atom. The number of nitrogens with zero attached hydrogens (tertiary/aromatic N) is 2. The number of aromatic carboxylic acids is 1. The number of hydrogen-bond donors (Lipinski definition) is 1. The number of amides is 1. The topological polar surface area (TPSA) is 62.5 Å². The van der Waals surface area contributed by atoms with Crippen LogP contribution in [0.1, 0.15) is 59.4 Å². The number of aromatic nitrogens is 1. The number of carbonyl (C=O) groups excluding carboxylic acids is 1. The van der Waals surface area contributed by atoms with Gasteiger partial charge in [0.05, 0.1) is 10.5 Å². The van der Waals surface area contributed by atoms with E-state index in [4.69, 9.17) is 17.3 Å². The fourth-order valence-corrected chi connectivity index (χ4v) is 5.75. The van der Waals surface area contributed by atoms with E-state index in [0.29, 0.717) is 9.23 Å². The number of aryl methyl sites for hydroxylation is 1. The Kier molecular flexibility index (Phi) is 5.84. The highest BCUT2D eigenvalue weighted by Gasteiger charge is 2.37. The van der Waals surface area contributed by atoms with Gasteiger partial charge in [-0.3, -0.25) is 9.69 Å². The largest absolute Gasteiger partial charge is 0.478 e. The standard InChI is InChI=1S/C23H24N2O3S2/c1-14-12-17(15(2)24(14)19-10-8-16(9-11-19)22(27)28)13-20-21(26)25(23(29)30-20)18-6-4-3-5-7-18/h8-13,18H,3-7H2,1-2H3,(H,27,28)/b20-13-. The smallest absolute Gasteiger partial charge is 0.335 e. The molecule has 2 aromatic rings. The summed E-state index contributed by atoms with van der Waals surface area (Å²) in [6, 6.07) is 9.09. The highest BCUT2D eigenvalue weighted by atomic mass is 32.2. The average molecular weight is 441 g/mol. The molecule has 2 aliphatic rings. The van der Waals surface area contributed by atoms with Crippen molar-refractivity contribution in [1.82, 2.24) is 9.47 Å². The molecule has 1 aromatic carbocycles. The molecule has 0 spiro atoms. The molecular weight excluding hydrogens is 416 g/mol. The van der Waals surface area contributed by atoms with Crippen molar-refractivity contribution >= 4 is 46.3 Å². The lowest BCUT2D eigenvalue weighted by Crippen LogP contribution is -2.39. The predicted octanol–water partition coefficient (Wildman–Crippen LogP) is 5.33. The summed E-state index contributed by atoms with van der Waals surface area (Å²) >= 11 is 6.93. The van der Waals surface area contributed by atoms with Crippen LogP contribution in [-0.2, 0) is 4.79 Å². The maximum atomic E-state index is 13.1. The zero-order chi connectivity index (χ0) is 21.4. The number of carbonyl (C=O) groups is 2. The molecule has 30 heavy (non-hydrogen) atoms. The first-order chi connectivity index (χ1) is 14.4. The van der Waals surface area contributed by atoms with Crippen LogP contribution in [0.4, 0.5) is 0 Å². The maximum Gasteiger partial charge on any atom is 0.335 e. The van der Waals surface area contributed by atoms with Crippen LogP contribution in [0.3, 0.4) is 0 Å². The van der Waals surface area contributed by atoms with Crippen molar-refractivity contribution in [2.24, 2.45) is 0 Å². The van der Waals surface area contributed by atoms with Crippen LogP contribution < -0.4 is 0 Å². The molecular formula is C23H24N2O3S2. The van der Waals surface area contributed by atoms with Gasteiger partial charge in [-0.2, -0.15) is 0 Å². The van der Waals surface area contributed by atoms with E-state index < -0.39 is 5.97 Å². The Hall–Kier alpha value is -2.38. The van der Waals surface area contributed by atoms with Gasteiger partial charge < -0.3 is 9.67 Å². The van der Waals surface area contributed by atoms with Gasteiger partial charge in [-0.1, -0.05) is 43.2 Å². The minimum absolute atomic E-state index is 0.0208. The van der Waals surface area contributed by atoms with Crippen LogP contribution in [-0.4, -0.2) is 36.8 Å². The fourth-order valence-electron chi connectivity index (χ4n) is 4.36. The van der Waals surface area contributed by atoms with Gasteiger partial charge in [-0.05, 0) is 68.7 Å². The summed E-state index contributed by atoms with van der Waals surface area (Å²) in [5, 5.41) is 9.12. The molecule has 1 saturated carbocycles. The van der Waals surface area contributed by atoms with E-state index in [0.717, 1.165) is 48.3 Å². The van der Waals surface area contributed by atoms with Gasteiger partial charge in [-0.15, -0.1) is 0 Å². The molecule has 1 aromatic heterocycles. The van der Waals surface area contributed by atoms with Crippen molar-refractivity contribution in [3.8, 4) is 5.69 Å². The van der Waals surface area contributed by atoms with Crippen molar-refractivity contribution < 1.29 is 14.7 Å². The van der Waals surface area contributed by atoms with Crippen molar-refractivity contribution in [1.29, 1.82) is 0 Å². The quantitative estimate of drug-likeness (QED) is 0.515. The molecule has 4 rings (SSSR count). The second kappa shape index (κ2) is 8.40. The van der Waals surface area contributed by atoms with E-state index in [9.17, 15) is 9.59 Å². The summed E-state index contributed by atoms with van der Waals surface area (Å²) in [4.78, 5) is 26.7. The Labute approximate surface area is 185 Å². The van der Waals surface area contributed by atoms with Crippen LogP contribution in [0, 0.1) is 13.8 Å². The van der Waals surface area contributed by atoms with E-state index in [1.54, 1.807) is 24.3 Å². The van der Waals surface area contributed by atoms with Crippen molar-refractivity contribution in [2.45, 2.75) is 52.0 Å². The summed E-state index contributed by atoms with van der Waals surface area (Å²) in [5.41, 5.74) is 4.14. The third kappa shape index (κ3) is 3.84. The van der Waals surface area contributed by atoms with Crippen molar-refractivity contribution in [3.63, 3.8) is 0 Å². The van der Waals surface area contributed by atoms with Crippen LogP contribution >= 0.6 is 24.0 Å². The van der Waals surface area contributed by atoms with Crippen LogP contribution in [0.25, 0.3) is 11.8 Å². The van der Waals surface area contributed by atoms with E-state index in [1.165, 1.54) is 18.2 Å². The Morgan fingerprint density at radius 1 is 1.17 bits per heavy atom. The molecule has 0 unspecified atom stereocenters. The second-order valence-corrected chi connectivity index (χ2v) is 9.53. The van der Waals surface area contributed by atoms with Crippen LogP contribution in [0.15, 0.2) is 35.2 Å². The molecule has 1 aliphatic heterocycles. The van der Waals surface area contributed by atoms with Crippen LogP contribution in [0.5, 0.6) is 0 Å². The highest BCUT2D eigenvalue weighted by Crippen LogP contribution is 2.38. The SMILES string of the molecule is Cc1cc(/C=C2\SC(=S)N(C3CCCCC3)C2=O)c(C)n1-c1ccc(C(=O)O)cc1. The summed E-state index contributed by atoms with van der Waals surface area (Å²) in [6.45, 7) is 4.01. The normalized spacial score (nSPS) is 19.1. The highest BCUT2D eigenvalue weighted by molar-refractivity contribution is 8.26. The van der Waals surface area contributed by atoms with E-state index in [2.05, 4.69) is 4.57 Å². The van der Waals surface area contributed by atoms with Gasteiger partial charge >= 0.3 is 5.97 Å². The molecule has 2 heterocycles.